The molecule has 1 atom stereocenters. The van der Waals surface area contributed by atoms with Gasteiger partial charge in [0.15, 0.2) is 5.92 Å². The Hall–Kier alpha value is -2.54. The number of amides is 3. The maximum absolute atomic E-state index is 12.7. The lowest BCUT2D eigenvalue weighted by Crippen LogP contribution is -2.54. The summed E-state index contributed by atoms with van der Waals surface area (Å²) in [6.07, 6.45) is 6.26. The number of carbonyl (C=O) groups excluding carboxylic acids is 2. The number of urea groups is 1. The van der Waals surface area contributed by atoms with Crippen LogP contribution in [-0.4, -0.2) is 58.0 Å². The number of aliphatic imine (C=N–C) groups is 2. The molecule has 0 saturated heterocycles. The van der Waals surface area contributed by atoms with Gasteiger partial charge in [0.1, 0.15) is 5.04 Å². The molecular weight excluding hydrogens is 360 g/mol. The largest absolute Gasteiger partial charge is 0.445 e. The van der Waals surface area contributed by atoms with E-state index in [1.807, 2.05) is 30.3 Å². The highest BCUT2D eigenvalue weighted by Gasteiger charge is 2.50. The molecule has 3 amide bonds. The number of amidine groups is 2. The minimum Gasteiger partial charge on any atom is -0.255 e. The number of hydrogen-bond donors (Lipinski definition) is 0. The van der Waals surface area contributed by atoms with Crippen LogP contribution in [0.2, 0.25) is 0 Å². The lowest BCUT2D eigenvalue weighted by molar-refractivity contribution is -0.407. The lowest BCUT2D eigenvalue weighted by atomic mass is 10.0. The third kappa shape index (κ3) is 3.51. The number of thioether (sulfide) groups is 1. The Labute approximate surface area is 162 Å². The molecule has 7 heteroatoms. The Kier molecular flexibility index (Phi) is 4.78. The fourth-order valence-corrected chi connectivity index (χ4v) is 4.01. The van der Waals surface area contributed by atoms with Crippen molar-refractivity contribution in [2.75, 3.05) is 19.8 Å². The van der Waals surface area contributed by atoms with Crippen LogP contribution < -0.4 is 0 Å². The van der Waals surface area contributed by atoms with Crippen LogP contribution >= 0.6 is 11.8 Å². The third-order valence-electron chi connectivity index (χ3n) is 4.83. The average molecular weight is 381 g/mol. The Morgan fingerprint density at radius 2 is 1.96 bits per heavy atom. The maximum atomic E-state index is 12.7. The smallest absolute Gasteiger partial charge is 0.255 e. The van der Waals surface area contributed by atoms with Crippen molar-refractivity contribution in [2.45, 2.75) is 12.8 Å². The van der Waals surface area contributed by atoms with E-state index in [-0.39, 0.29) is 11.9 Å². The molecule has 1 aromatic carbocycles. The van der Waals surface area contributed by atoms with Crippen molar-refractivity contribution in [3.05, 3.63) is 42.0 Å². The standard InChI is InChI=1S/C20H21N4O2S/c1-23-17-15(19(25)24(2)20(23)26)18(22-16(21-17)14-10-11-14)27-12-6-9-13-7-4-3-5-8-13/h3-9,14-15H,10-12H2,1-2H3/q+1/b9-6+. The number of imide groups is 1. The summed E-state index contributed by atoms with van der Waals surface area (Å²) in [7, 11) is 3.18. The van der Waals surface area contributed by atoms with E-state index in [1.165, 1.54) is 23.4 Å². The molecule has 138 valence electrons. The summed E-state index contributed by atoms with van der Waals surface area (Å²) in [5.74, 6) is 1.47. The molecule has 1 fully saturated rings. The van der Waals surface area contributed by atoms with Gasteiger partial charge in [0, 0.05) is 11.7 Å². The summed E-state index contributed by atoms with van der Waals surface area (Å²) in [5.41, 5.74) is 1.13. The van der Waals surface area contributed by atoms with Crippen molar-refractivity contribution in [1.82, 2.24) is 4.90 Å². The molecule has 1 unspecified atom stereocenters. The number of hydrogen-bond acceptors (Lipinski definition) is 5. The van der Waals surface area contributed by atoms with Gasteiger partial charge in [-0.25, -0.2) is 9.79 Å². The van der Waals surface area contributed by atoms with Gasteiger partial charge in [-0.2, -0.15) is 9.48 Å². The zero-order valence-corrected chi connectivity index (χ0v) is 16.1. The first-order valence-electron chi connectivity index (χ1n) is 9.00. The number of fused-ring (bicyclic) bond motifs is 1. The molecule has 2 heterocycles. The second-order valence-corrected chi connectivity index (χ2v) is 7.89. The van der Waals surface area contributed by atoms with E-state index in [4.69, 9.17) is 4.99 Å². The van der Waals surface area contributed by atoms with E-state index in [9.17, 15) is 9.59 Å². The van der Waals surface area contributed by atoms with E-state index in [0.29, 0.717) is 17.5 Å². The van der Waals surface area contributed by atoms with Crippen LogP contribution in [0, 0.1) is 11.8 Å². The van der Waals surface area contributed by atoms with Gasteiger partial charge in [-0.1, -0.05) is 47.5 Å². The molecule has 0 radical (unpaired) electrons. The molecular formula is C20H21N4O2S+. The van der Waals surface area contributed by atoms with Crippen molar-refractivity contribution in [1.29, 1.82) is 0 Å². The van der Waals surface area contributed by atoms with E-state index >= 15 is 0 Å². The minimum absolute atomic E-state index is 0.259. The van der Waals surface area contributed by atoms with E-state index in [0.717, 1.165) is 34.2 Å². The topological polar surface area (TPSA) is 65.1 Å². The first-order valence-corrected chi connectivity index (χ1v) is 9.98. The predicted octanol–water partition coefficient (Wildman–Crippen LogP) is 2.90. The Morgan fingerprint density at radius 1 is 1.22 bits per heavy atom. The number of nitrogens with zero attached hydrogens (tertiary/aromatic N) is 4. The highest BCUT2D eigenvalue weighted by atomic mass is 32.2. The molecule has 4 rings (SSSR count). The maximum Gasteiger partial charge on any atom is 0.445 e. The van der Waals surface area contributed by atoms with Gasteiger partial charge in [-0.05, 0) is 18.4 Å². The molecule has 1 aromatic rings. The molecule has 0 N–H and O–H groups in total. The van der Waals surface area contributed by atoms with Crippen LogP contribution in [-0.2, 0) is 4.79 Å². The van der Waals surface area contributed by atoms with Crippen LogP contribution in [0.3, 0.4) is 0 Å². The molecule has 0 aromatic heterocycles. The number of carbonyl (C=O) groups is 2. The van der Waals surface area contributed by atoms with Crippen LogP contribution in [0.15, 0.2) is 46.4 Å². The van der Waals surface area contributed by atoms with Crippen molar-refractivity contribution in [3.8, 4) is 0 Å². The van der Waals surface area contributed by atoms with Crippen LogP contribution in [0.1, 0.15) is 18.4 Å². The van der Waals surface area contributed by atoms with Gasteiger partial charge >= 0.3 is 11.9 Å². The number of benzene rings is 1. The minimum atomic E-state index is -0.588. The quantitative estimate of drug-likeness (QED) is 0.754. The third-order valence-corrected chi connectivity index (χ3v) is 5.82. The predicted molar refractivity (Wildman–Crippen MR) is 108 cm³/mol. The van der Waals surface area contributed by atoms with Gasteiger partial charge in [0.2, 0.25) is 5.84 Å². The van der Waals surface area contributed by atoms with Crippen LogP contribution in [0.4, 0.5) is 4.79 Å². The summed E-state index contributed by atoms with van der Waals surface area (Å²) in [6.45, 7) is 0. The fraction of sp³-hybridized carbons (Fsp3) is 0.350. The first-order chi connectivity index (χ1) is 13.1. The van der Waals surface area contributed by atoms with Crippen molar-refractivity contribution >= 4 is 46.5 Å². The molecule has 2 aliphatic heterocycles. The molecule has 0 bridgehead atoms. The van der Waals surface area contributed by atoms with E-state index < -0.39 is 5.92 Å². The van der Waals surface area contributed by atoms with Gasteiger partial charge in [-0.15, -0.1) is 11.8 Å². The van der Waals surface area contributed by atoms with Gasteiger partial charge < -0.3 is 0 Å². The molecule has 1 aliphatic carbocycles. The summed E-state index contributed by atoms with van der Waals surface area (Å²) < 4.78 is 1.48. The Balaban J connectivity index is 1.58. The summed E-state index contributed by atoms with van der Waals surface area (Å²) in [4.78, 5) is 35.5. The summed E-state index contributed by atoms with van der Waals surface area (Å²) in [6, 6.07) is 9.73. The van der Waals surface area contributed by atoms with Crippen molar-refractivity contribution in [3.63, 3.8) is 0 Å². The van der Waals surface area contributed by atoms with Gasteiger partial charge in [0.25, 0.3) is 5.84 Å². The fourth-order valence-electron chi connectivity index (χ4n) is 3.11. The molecule has 3 aliphatic rings. The first kappa shape index (κ1) is 17.9. The average Bonchev–Trinajstić information content (AvgIpc) is 3.53. The van der Waals surface area contributed by atoms with E-state index in [1.54, 1.807) is 7.05 Å². The summed E-state index contributed by atoms with van der Waals surface area (Å²) in [5, 5.41) is 0.732. The molecule has 0 spiro atoms. The van der Waals surface area contributed by atoms with Gasteiger partial charge in [0.05, 0.1) is 14.1 Å². The lowest BCUT2D eigenvalue weighted by Gasteiger charge is -2.26. The zero-order chi connectivity index (χ0) is 19.0. The van der Waals surface area contributed by atoms with Crippen molar-refractivity contribution in [2.24, 2.45) is 21.8 Å². The van der Waals surface area contributed by atoms with Crippen LogP contribution in [0.25, 0.3) is 6.08 Å². The summed E-state index contributed by atoms with van der Waals surface area (Å²) >= 11 is 1.54. The molecule has 1 saturated carbocycles. The normalized spacial score (nSPS) is 22.9. The van der Waals surface area contributed by atoms with E-state index in [2.05, 4.69) is 17.1 Å². The van der Waals surface area contributed by atoms with Gasteiger partial charge in [-0.3, -0.25) is 4.79 Å². The zero-order valence-electron chi connectivity index (χ0n) is 15.3. The SMILES string of the molecule is CN1C(=O)C2C(SC/C=C/c3ccccc3)=NC(C3CC3)=NC2=[N+](C)C1=O. The molecule has 27 heavy (non-hydrogen) atoms. The Morgan fingerprint density at radius 3 is 2.67 bits per heavy atom. The highest BCUT2D eigenvalue weighted by Crippen LogP contribution is 2.35. The second kappa shape index (κ2) is 7.23. The highest BCUT2D eigenvalue weighted by molar-refractivity contribution is 8.14. The van der Waals surface area contributed by atoms with Crippen LogP contribution in [0.5, 0.6) is 0 Å². The second-order valence-electron chi connectivity index (χ2n) is 6.85. The molecule has 6 nitrogen and oxygen atoms in total. The monoisotopic (exact) mass is 381 g/mol. The van der Waals surface area contributed by atoms with Crippen molar-refractivity contribution < 1.29 is 14.2 Å². The Bertz CT molecular complexity index is 913. The number of rotatable bonds is 4.